The van der Waals surface area contributed by atoms with Gasteiger partial charge in [0.25, 0.3) is 5.91 Å². The number of carbonyl (C=O) groups excluding carboxylic acids is 1. The standard InChI is InChI=1S/C25H27N3O3/c1-18-7-9-22(23(13-18)30-2)31-17-25(29)27-15-19-8-10-24(26-14-19)28-12-11-20-5-3-4-6-21(20)16-28/h3-10,13-14H,11-12,15-17H2,1-2H3,(H,27,29). The molecule has 0 saturated heterocycles. The number of aromatic nitrogens is 1. The van der Waals surface area contributed by atoms with E-state index in [-0.39, 0.29) is 12.5 Å². The van der Waals surface area contributed by atoms with Gasteiger partial charge < -0.3 is 19.7 Å². The topological polar surface area (TPSA) is 63.7 Å². The van der Waals surface area contributed by atoms with Crippen molar-refractivity contribution >= 4 is 11.7 Å². The van der Waals surface area contributed by atoms with Gasteiger partial charge in [-0.3, -0.25) is 4.79 Å². The van der Waals surface area contributed by atoms with Gasteiger partial charge in [0.1, 0.15) is 5.82 Å². The van der Waals surface area contributed by atoms with Crippen molar-refractivity contribution < 1.29 is 14.3 Å². The lowest BCUT2D eigenvalue weighted by Gasteiger charge is -2.29. The van der Waals surface area contributed by atoms with Crippen LogP contribution in [0.25, 0.3) is 0 Å². The molecule has 4 rings (SSSR count). The molecule has 1 aliphatic heterocycles. The van der Waals surface area contributed by atoms with Crippen LogP contribution in [0.4, 0.5) is 5.82 Å². The van der Waals surface area contributed by atoms with E-state index in [0.29, 0.717) is 18.0 Å². The van der Waals surface area contributed by atoms with E-state index in [9.17, 15) is 4.79 Å². The Balaban J connectivity index is 1.27. The summed E-state index contributed by atoms with van der Waals surface area (Å²) in [6.07, 6.45) is 2.85. The number of benzene rings is 2. The maximum Gasteiger partial charge on any atom is 0.258 e. The Morgan fingerprint density at radius 2 is 1.94 bits per heavy atom. The highest BCUT2D eigenvalue weighted by Crippen LogP contribution is 2.27. The minimum atomic E-state index is -0.195. The molecule has 0 saturated carbocycles. The van der Waals surface area contributed by atoms with Crippen molar-refractivity contribution in [3.05, 3.63) is 83.0 Å². The van der Waals surface area contributed by atoms with E-state index in [0.717, 1.165) is 36.5 Å². The maximum absolute atomic E-state index is 12.2. The number of nitrogens with one attached hydrogen (secondary N) is 1. The van der Waals surface area contributed by atoms with E-state index in [4.69, 9.17) is 9.47 Å². The molecule has 1 aliphatic rings. The minimum absolute atomic E-state index is 0.0713. The van der Waals surface area contributed by atoms with Crippen LogP contribution in [0.5, 0.6) is 11.5 Å². The van der Waals surface area contributed by atoms with E-state index in [1.165, 1.54) is 11.1 Å². The highest BCUT2D eigenvalue weighted by atomic mass is 16.5. The Morgan fingerprint density at radius 1 is 1.10 bits per heavy atom. The number of pyridine rings is 1. The summed E-state index contributed by atoms with van der Waals surface area (Å²) in [5.74, 6) is 1.93. The van der Waals surface area contributed by atoms with Crippen molar-refractivity contribution in [2.24, 2.45) is 0 Å². The maximum atomic E-state index is 12.2. The lowest BCUT2D eigenvalue weighted by atomic mass is 10.00. The highest BCUT2D eigenvalue weighted by Gasteiger charge is 2.17. The van der Waals surface area contributed by atoms with Crippen LogP contribution in [0.3, 0.4) is 0 Å². The Kier molecular flexibility index (Phi) is 6.36. The van der Waals surface area contributed by atoms with E-state index < -0.39 is 0 Å². The Morgan fingerprint density at radius 3 is 2.71 bits per heavy atom. The molecule has 1 N–H and O–H groups in total. The molecule has 0 radical (unpaired) electrons. The quantitative estimate of drug-likeness (QED) is 0.636. The van der Waals surface area contributed by atoms with Crippen molar-refractivity contribution in [2.75, 3.05) is 25.2 Å². The Labute approximate surface area is 182 Å². The first-order valence-corrected chi connectivity index (χ1v) is 10.4. The number of rotatable bonds is 7. The number of anilines is 1. The zero-order chi connectivity index (χ0) is 21.6. The summed E-state index contributed by atoms with van der Waals surface area (Å²) < 4.78 is 10.9. The van der Waals surface area contributed by atoms with Crippen LogP contribution in [0.1, 0.15) is 22.3 Å². The molecule has 160 valence electrons. The molecule has 0 spiro atoms. The fourth-order valence-electron chi connectivity index (χ4n) is 3.69. The van der Waals surface area contributed by atoms with E-state index in [1.54, 1.807) is 7.11 Å². The van der Waals surface area contributed by atoms with E-state index in [2.05, 4.69) is 39.5 Å². The van der Waals surface area contributed by atoms with Crippen molar-refractivity contribution in [1.82, 2.24) is 10.3 Å². The van der Waals surface area contributed by atoms with Gasteiger partial charge in [0.2, 0.25) is 0 Å². The fraction of sp³-hybridized carbons (Fsp3) is 0.280. The van der Waals surface area contributed by atoms with Gasteiger partial charge in [-0.05, 0) is 53.8 Å². The number of methoxy groups -OCH3 is 1. The predicted octanol–water partition coefficient (Wildman–Crippen LogP) is 3.66. The van der Waals surface area contributed by atoms with E-state index in [1.807, 2.05) is 43.5 Å². The molecule has 2 aromatic carbocycles. The summed E-state index contributed by atoms with van der Waals surface area (Å²) in [6, 6.07) is 18.2. The molecule has 0 unspecified atom stereocenters. The van der Waals surface area contributed by atoms with Gasteiger partial charge in [-0.2, -0.15) is 0 Å². The molecule has 0 fully saturated rings. The zero-order valence-electron chi connectivity index (χ0n) is 17.9. The third-order valence-corrected chi connectivity index (χ3v) is 5.43. The number of carbonyl (C=O) groups is 1. The molecular formula is C25H27N3O3. The van der Waals surface area contributed by atoms with Crippen LogP contribution in [-0.2, 0) is 24.3 Å². The van der Waals surface area contributed by atoms with Gasteiger partial charge in [-0.15, -0.1) is 0 Å². The van der Waals surface area contributed by atoms with Gasteiger partial charge in [0, 0.05) is 25.8 Å². The minimum Gasteiger partial charge on any atom is -0.493 e. The van der Waals surface area contributed by atoms with Gasteiger partial charge in [0.15, 0.2) is 18.1 Å². The van der Waals surface area contributed by atoms with Crippen LogP contribution in [-0.4, -0.2) is 31.2 Å². The summed E-state index contributed by atoms with van der Waals surface area (Å²) in [5, 5.41) is 2.87. The van der Waals surface area contributed by atoms with Crippen molar-refractivity contribution in [2.45, 2.75) is 26.4 Å². The first-order valence-electron chi connectivity index (χ1n) is 10.4. The lowest BCUT2D eigenvalue weighted by Crippen LogP contribution is -2.31. The number of amides is 1. The summed E-state index contributed by atoms with van der Waals surface area (Å²) in [7, 11) is 1.58. The Hall–Kier alpha value is -3.54. The van der Waals surface area contributed by atoms with Crippen molar-refractivity contribution in [3.8, 4) is 11.5 Å². The van der Waals surface area contributed by atoms with E-state index >= 15 is 0 Å². The Bertz CT molecular complexity index is 1050. The number of hydrogen-bond donors (Lipinski definition) is 1. The molecule has 2 heterocycles. The largest absolute Gasteiger partial charge is 0.493 e. The van der Waals surface area contributed by atoms with Gasteiger partial charge in [-0.1, -0.05) is 36.4 Å². The third-order valence-electron chi connectivity index (χ3n) is 5.43. The van der Waals surface area contributed by atoms with Crippen LogP contribution in [0.2, 0.25) is 0 Å². The third kappa shape index (κ3) is 5.15. The average Bonchev–Trinajstić information content (AvgIpc) is 2.82. The van der Waals surface area contributed by atoms with Gasteiger partial charge in [0.05, 0.1) is 7.11 Å². The zero-order valence-corrected chi connectivity index (χ0v) is 17.9. The average molecular weight is 418 g/mol. The van der Waals surface area contributed by atoms with Crippen LogP contribution in [0.15, 0.2) is 60.8 Å². The molecule has 31 heavy (non-hydrogen) atoms. The van der Waals surface area contributed by atoms with Crippen LogP contribution < -0.4 is 19.7 Å². The molecule has 6 heteroatoms. The molecule has 1 amide bonds. The number of aryl methyl sites for hydroxylation is 1. The summed E-state index contributed by atoms with van der Waals surface area (Å²) in [6.45, 7) is 4.14. The molecule has 1 aromatic heterocycles. The smallest absolute Gasteiger partial charge is 0.258 e. The summed E-state index contributed by atoms with van der Waals surface area (Å²) in [5.41, 5.74) is 4.79. The second-order valence-corrected chi connectivity index (χ2v) is 7.68. The van der Waals surface area contributed by atoms with Gasteiger partial charge in [-0.25, -0.2) is 4.98 Å². The number of nitrogens with zero attached hydrogens (tertiary/aromatic N) is 2. The highest BCUT2D eigenvalue weighted by molar-refractivity contribution is 5.77. The first-order chi connectivity index (χ1) is 15.1. The molecule has 0 aliphatic carbocycles. The molecule has 6 nitrogen and oxygen atoms in total. The molecular weight excluding hydrogens is 390 g/mol. The lowest BCUT2D eigenvalue weighted by molar-refractivity contribution is -0.123. The van der Waals surface area contributed by atoms with Gasteiger partial charge >= 0.3 is 0 Å². The number of ether oxygens (including phenoxy) is 2. The monoisotopic (exact) mass is 417 g/mol. The number of fused-ring (bicyclic) bond motifs is 1. The molecule has 3 aromatic rings. The molecule has 0 bridgehead atoms. The molecule has 0 atom stereocenters. The number of hydrogen-bond acceptors (Lipinski definition) is 5. The second kappa shape index (κ2) is 9.51. The van der Waals surface area contributed by atoms with Crippen LogP contribution >= 0.6 is 0 Å². The predicted molar refractivity (Wildman–Crippen MR) is 121 cm³/mol. The first kappa shape index (κ1) is 20.7. The normalized spacial score (nSPS) is 12.8. The van der Waals surface area contributed by atoms with Crippen LogP contribution in [0, 0.1) is 6.92 Å². The fourth-order valence-corrected chi connectivity index (χ4v) is 3.69. The second-order valence-electron chi connectivity index (χ2n) is 7.68. The van der Waals surface area contributed by atoms with Crippen molar-refractivity contribution in [1.29, 1.82) is 0 Å². The van der Waals surface area contributed by atoms with Crippen molar-refractivity contribution in [3.63, 3.8) is 0 Å². The summed E-state index contributed by atoms with van der Waals surface area (Å²) >= 11 is 0. The SMILES string of the molecule is COc1cc(C)ccc1OCC(=O)NCc1ccc(N2CCc3ccccc3C2)nc1. The summed E-state index contributed by atoms with van der Waals surface area (Å²) in [4.78, 5) is 19.1.